The quantitative estimate of drug-likeness (QED) is 0.201. The molecule has 0 aliphatic heterocycles. The molecule has 4 atom stereocenters. The summed E-state index contributed by atoms with van der Waals surface area (Å²) >= 11 is 0. The third-order valence-corrected chi connectivity index (χ3v) is 8.17. The molecule has 1 aliphatic carbocycles. The molecule has 10 heteroatoms. The van der Waals surface area contributed by atoms with Gasteiger partial charge in [0.05, 0.1) is 36.6 Å². The molecule has 210 valence electrons. The molecule has 39 heavy (non-hydrogen) atoms. The lowest BCUT2D eigenvalue weighted by Crippen LogP contribution is -2.36. The molecular weight excluding hydrogens is 530 g/mol. The third-order valence-electron chi connectivity index (χ3n) is 6.91. The van der Waals surface area contributed by atoms with E-state index in [2.05, 4.69) is 28.3 Å². The lowest BCUT2D eigenvalue weighted by Gasteiger charge is -2.31. The highest BCUT2D eigenvalue weighted by molar-refractivity contribution is 7.99. The maximum absolute atomic E-state index is 14.7. The molecular formula is C29H33F4N3O2S. The van der Waals surface area contributed by atoms with E-state index in [1.54, 1.807) is 42.5 Å². The maximum atomic E-state index is 14.7. The van der Waals surface area contributed by atoms with Gasteiger partial charge in [0, 0.05) is 22.2 Å². The number of methoxy groups -OCH3 is 1. The van der Waals surface area contributed by atoms with E-state index in [4.69, 9.17) is 4.74 Å². The molecule has 0 saturated heterocycles. The lowest BCUT2D eigenvalue weighted by atomic mass is 9.86. The first kappa shape index (κ1) is 28.7. The van der Waals surface area contributed by atoms with Crippen molar-refractivity contribution in [3.63, 3.8) is 0 Å². The van der Waals surface area contributed by atoms with Gasteiger partial charge in [0.25, 0.3) is 0 Å². The van der Waals surface area contributed by atoms with Crippen molar-refractivity contribution in [1.29, 1.82) is 0 Å². The highest BCUT2D eigenvalue weighted by Gasteiger charge is 2.31. The first-order valence-electron chi connectivity index (χ1n) is 12.7. The highest BCUT2D eigenvalue weighted by atomic mass is 32.2. The molecule has 0 amide bonds. The van der Waals surface area contributed by atoms with Gasteiger partial charge in [-0.15, -0.1) is 0 Å². The van der Waals surface area contributed by atoms with Crippen molar-refractivity contribution in [2.75, 3.05) is 30.5 Å². The molecule has 1 heterocycles. The minimum Gasteiger partial charge on any atom is -0.495 e. The summed E-state index contributed by atoms with van der Waals surface area (Å²) in [6.45, 7) is 0.960. The summed E-state index contributed by atoms with van der Waals surface area (Å²) in [6.07, 6.45) is -1.91. The fourth-order valence-electron chi connectivity index (χ4n) is 4.90. The SMILES string of the molecule is C=S(C)(=O)c1ccc(NCC#Cc2cc3c(N[C@@H]4CC[C@H](C)C[C@H]4F)cccc3n2CC(F)(F)F)c(OC)c1. The van der Waals surface area contributed by atoms with Crippen LogP contribution in [-0.2, 0) is 16.1 Å². The Morgan fingerprint density at radius 3 is 2.62 bits per heavy atom. The number of fused-ring (bicyclic) bond motifs is 1. The Kier molecular flexibility index (Phi) is 8.40. The lowest BCUT2D eigenvalue weighted by molar-refractivity contribution is -0.140. The normalized spacial score (nSPS) is 21.1. The molecule has 3 aromatic rings. The monoisotopic (exact) mass is 563 g/mol. The van der Waals surface area contributed by atoms with Crippen LogP contribution in [0.1, 0.15) is 31.9 Å². The fraction of sp³-hybridized carbons (Fsp3) is 0.414. The van der Waals surface area contributed by atoms with Crippen LogP contribution in [0.4, 0.5) is 28.9 Å². The number of ether oxygens (including phenoxy) is 1. The summed E-state index contributed by atoms with van der Waals surface area (Å²) in [5, 5.41) is 6.90. The largest absolute Gasteiger partial charge is 0.495 e. The van der Waals surface area contributed by atoms with E-state index in [1.807, 2.05) is 6.92 Å². The topological polar surface area (TPSA) is 55.3 Å². The number of nitrogens with one attached hydrogen (secondary N) is 2. The smallest absolute Gasteiger partial charge is 0.406 e. The number of rotatable bonds is 7. The molecule has 1 aromatic heterocycles. The summed E-state index contributed by atoms with van der Waals surface area (Å²) in [5.41, 5.74) is 1.78. The van der Waals surface area contributed by atoms with Gasteiger partial charge in [-0.25, -0.2) is 4.39 Å². The predicted octanol–water partition coefficient (Wildman–Crippen LogP) is 6.32. The van der Waals surface area contributed by atoms with Gasteiger partial charge >= 0.3 is 6.18 Å². The van der Waals surface area contributed by atoms with Gasteiger partial charge in [-0.2, -0.15) is 13.2 Å². The number of alkyl halides is 4. The Balaban J connectivity index is 1.61. The van der Waals surface area contributed by atoms with Crippen LogP contribution in [-0.4, -0.2) is 52.9 Å². The van der Waals surface area contributed by atoms with E-state index in [0.29, 0.717) is 51.7 Å². The minimum atomic E-state index is -4.45. The van der Waals surface area contributed by atoms with Crippen LogP contribution >= 0.6 is 0 Å². The van der Waals surface area contributed by atoms with Gasteiger partial charge < -0.3 is 19.9 Å². The Labute approximate surface area is 226 Å². The van der Waals surface area contributed by atoms with E-state index in [1.165, 1.54) is 13.4 Å². The Morgan fingerprint density at radius 2 is 1.95 bits per heavy atom. The molecule has 1 saturated carbocycles. The summed E-state index contributed by atoms with van der Waals surface area (Å²) < 4.78 is 74.0. The molecule has 1 aliphatic rings. The second-order valence-corrected chi connectivity index (χ2v) is 12.7. The zero-order valence-corrected chi connectivity index (χ0v) is 23.0. The number of benzene rings is 2. The van der Waals surface area contributed by atoms with Crippen molar-refractivity contribution in [2.45, 2.75) is 56.0 Å². The molecule has 5 nitrogen and oxygen atoms in total. The molecule has 2 aromatic carbocycles. The van der Waals surface area contributed by atoms with Crippen LogP contribution in [0.15, 0.2) is 47.4 Å². The first-order chi connectivity index (χ1) is 18.4. The third kappa shape index (κ3) is 7.01. The van der Waals surface area contributed by atoms with Crippen molar-refractivity contribution in [3.8, 4) is 17.6 Å². The van der Waals surface area contributed by atoms with E-state index in [9.17, 15) is 21.8 Å². The number of halogens is 4. The van der Waals surface area contributed by atoms with E-state index >= 15 is 0 Å². The highest BCUT2D eigenvalue weighted by Crippen LogP contribution is 2.34. The minimum absolute atomic E-state index is 0.129. The molecule has 2 N–H and O–H groups in total. The van der Waals surface area contributed by atoms with Crippen molar-refractivity contribution in [1.82, 2.24) is 4.57 Å². The van der Waals surface area contributed by atoms with Gasteiger partial charge in [0.15, 0.2) is 0 Å². The molecule has 0 bridgehead atoms. The van der Waals surface area contributed by atoms with Crippen LogP contribution in [0.25, 0.3) is 10.9 Å². The standard InChI is InChI=1S/C29H33F4N3O2S/c1-19-10-12-25(23(30)15-19)35-24-8-5-9-27-22(24)16-20(36(27)18-29(31,32)33)7-6-14-34-26-13-11-21(39(3,4)37)17-28(26)38-2/h5,8-9,11,13,16-17,19,23,25,34-35H,3,10,12,14-15,18H2,1-2,4H3/t19-,23+,25+,39?/m0/s1. The number of hydrogen-bond donors (Lipinski definition) is 2. The van der Waals surface area contributed by atoms with Gasteiger partial charge in [-0.1, -0.05) is 18.9 Å². The van der Waals surface area contributed by atoms with Gasteiger partial charge in [0.2, 0.25) is 0 Å². The van der Waals surface area contributed by atoms with Crippen LogP contribution in [0.3, 0.4) is 0 Å². The van der Waals surface area contributed by atoms with Crippen LogP contribution in [0.2, 0.25) is 0 Å². The second kappa shape index (κ2) is 11.4. The number of aromatic nitrogens is 1. The summed E-state index contributed by atoms with van der Waals surface area (Å²) in [6, 6.07) is 11.3. The van der Waals surface area contributed by atoms with Crippen molar-refractivity contribution in [3.05, 3.63) is 48.2 Å². The Morgan fingerprint density at radius 1 is 1.18 bits per heavy atom. The molecule has 4 rings (SSSR count). The fourth-order valence-corrected chi connectivity index (χ4v) is 5.61. The summed E-state index contributed by atoms with van der Waals surface area (Å²) in [5.74, 6) is 10.2. The van der Waals surface area contributed by atoms with E-state index in [0.717, 1.165) is 11.0 Å². The van der Waals surface area contributed by atoms with Crippen molar-refractivity contribution in [2.24, 2.45) is 5.92 Å². The second-order valence-electron chi connectivity index (χ2n) is 10.2. The molecule has 0 radical (unpaired) electrons. The van der Waals surface area contributed by atoms with Crippen LogP contribution in [0.5, 0.6) is 5.75 Å². The van der Waals surface area contributed by atoms with Gasteiger partial charge in [0.1, 0.15) is 18.5 Å². The van der Waals surface area contributed by atoms with Crippen LogP contribution < -0.4 is 15.4 Å². The van der Waals surface area contributed by atoms with E-state index < -0.39 is 28.4 Å². The average molecular weight is 564 g/mol. The van der Waals surface area contributed by atoms with Crippen LogP contribution in [0, 0.1) is 17.8 Å². The van der Waals surface area contributed by atoms with Crippen molar-refractivity contribution < 1.29 is 26.5 Å². The Hall–Kier alpha value is -3.32. The van der Waals surface area contributed by atoms with Crippen molar-refractivity contribution >= 4 is 37.7 Å². The molecule has 1 unspecified atom stereocenters. The average Bonchev–Trinajstić information content (AvgIpc) is 3.19. The van der Waals surface area contributed by atoms with Gasteiger partial charge in [-0.3, -0.25) is 4.21 Å². The zero-order chi connectivity index (χ0) is 28.4. The number of nitrogens with zero attached hydrogens (tertiary/aromatic N) is 1. The Bertz CT molecular complexity index is 1500. The van der Waals surface area contributed by atoms with E-state index in [-0.39, 0.29) is 18.3 Å². The molecule has 1 fully saturated rings. The zero-order valence-electron chi connectivity index (χ0n) is 22.2. The number of anilines is 2. The van der Waals surface area contributed by atoms with Gasteiger partial charge in [-0.05, 0) is 82.9 Å². The first-order valence-corrected chi connectivity index (χ1v) is 14.8. The predicted molar refractivity (Wildman–Crippen MR) is 151 cm³/mol. The summed E-state index contributed by atoms with van der Waals surface area (Å²) in [7, 11) is -0.938. The number of hydrogen-bond acceptors (Lipinski definition) is 4. The summed E-state index contributed by atoms with van der Waals surface area (Å²) in [4.78, 5) is 0.541. The maximum Gasteiger partial charge on any atom is 0.406 e. The molecule has 0 spiro atoms.